The number of aromatic nitrogens is 4. The third kappa shape index (κ3) is 1.48. The number of H-pyrrole nitrogens is 1. The molecule has 0 saturated carbocycles. The van der Waals surface area contributed by atoms with E-state index >= 15 is 0 Å². The van der Waals surface area contributed by atoms with Crippen molar-refractivity contribution < 1.29 is 9.53 Å². The monoisotopic (exact) mass is 274 g/mol. The number of ether oxygens (including phenoxy) is 1. The fraction of sp³-hybridized carbons (Fsp3) is 0.167. The third-order valence-corrected chi connectivity index (χ3v) is 3.17. The number of carbonyl (C=O) groups is 1. The second-order valence-corrected chi connectivity index (χ2v) is 4.25. The summed E-state index contributed by atoms with van der Waals surface area (Å²) < 4.78 is 7.15. The van der Waals surface area contributed by atoms with E-state index in [1.54, 1.807) is 13.1 Å². The van der Waals surface area contributed by atoms with Crippen molar-refractivity contribution in [1.29, 1.82) is 0 Å². The molecule has 1 N–H and O–H groups in total. The summed E-state index contributed by atoms with van der Waals surface area (Å²) >= 11 is 0. The second kappa shape index (κ2) is 4.05. The summed E-state index contributed by atoms with van der Waals surface area (Å²) in [6.45, 7) is 0. The van der Waals surface area contributed by atoms with Crippen LogP contribution in [0.2, 0.25) is 0 Å². The van der Waals surface area contributed by atoms with Crippen molar-refractivity contribution in [3.8, 4) is 0 Å². The first-order valence-corrected chi connectivity index (χ1v) is 5.73. The number of nitrogens with zero attached hydrogens (tertiary/aromatic N) is 3. The van der Waals surface area contributed by atoms with Gasteiger partial charge >= 0.3 is 11.7 Å². The predicted octanol–water partition coefficient (Wildman–Crippen LogP) is -0.339. The number of esters is 1. The van der Waals surface area contributed by atoms with E-state index in [-0.39, 0.29) is 11.2 Å². The molecule has 0 aliphatic carbocycles. The fourth-order valence-corrected chi connectivity index (χ4v) is 2.15. The molecule has 2 aromatic heterocycles. The van der Waals surface area contributed by atoms with Crippen LogP contribution >= 0.6 is 0 Å². The number of aromatic amines is 1. The SMILES string of the molecule is COC(=O)c1ccc2c(c1)n1c(=O)[nH]nc1c(=O)n2C. The number of nitrogens with one attached hydrogen (secondary N) is 1. The summed E-state index contributed by atoms with van der Waals surface area (Å²) in [5.41, 5.74) is 0.244. The molecule has 0 bridgehead atoms. The van der Waals surface area contributed by atoms with E-state index in [1.807, 2.05) is 0 Å². The molecule has 102 valence electrons. The maximum atomic E-state index is 12.1. The number of aryl methyl sites for hydroxylation is 1. The number of methoxy groups -OCH3 is 1. The topological polar surface area (TPSA) is 98.5 Å². The maximum Gasteiger partial charge on any atom is 0.348 e. The lowest BCUT2D eigenvalue weighted by molar-refractivity contribution is 0.0601. The lowest BCUT2D eigenvalue weighted by atomic mass is 10.2. The highest BCUT2D eigenvalue weighted by Gasteiger charge is 2.14. The van der Waals surface area contributed by atoms with Crippen LogP contribution in [0.15, 0.2) is 27.8 Å². The summed E-state index contributed by atoms with van der Waals surface area (Å²) in [6.07, 6.45) is 0. The Morgan fingerprint density at radius 2 is 2.05 bits per heavy atom. The van der Waals surface area contributed by atoms with Crippen LogP contribution in [0.1, 0.15) is 10.4 Å². The van der Waals surface area contributed by atoms with E-state index in [0.717, 1.165) is 4.40 Å². The van der Waals surface area contributed by atoms with Gasteiger partial charge in [0.15, 0.2) is 0 Å². The van der Waals surface area contributed by atoms with Crippen LogP contribution in [-0.2, 0) is 11.8 Å². The van der Waals surface area contributed by atoms with E-state index in [2.05, 4.69) is 14.9 Å². The highest BCUT2D eigenvalue weighted by molar-refractivity contribution is 5.94. The van der Waals surface area contributed by atoms with E-state index in [9.17, 15) is 14.4 Å². The van der Waals surface area contributed by atoms with Crippen LogP contribution in [0.25, 0.3) is 16.7 Å². The Morgan fingerprint density at radius 3 is 2.75 bits per heavy atom. The molecule has 8 heteroatoms. The van der Waals surface area contributed by atoms with Crippen molar-refractivity contribution in [3.63, 3.8) is 0 Å². The van der Waals surface area contributed by atoms with Crippen molar-refractivity contribution in [2.75, 3.05) is 7.11 Å². The molecule has 3 aromatic rings. The van der Waals surface area contributed by atoms with E-state index in [4.69, 9.17) is 0 Å². The molecule has 0 spiro atoms. The Balaban J connectivity index is 2.56. The van der Waals surface area contributed by atoms with Crippen LogP contribution in [0.5, 0.6) is 0 Å². The molecule has 1 aromatic carbocycles. The summed E-state index contributed by atoms with van der Waals surface area (Å²) in [7, 11) is 2.84. The number of hydrogen-bond acceptors (Lipinski definition) is 5. The molecule has 0 amide bonds. The van der Waals surface area contributed by atoms with Crippen LogP contribution < -0.4 is 11.2 Å². The normalized spacial score (nSPS) is 11.1. The first-order chi connectivity index (χ1) is 9.54. The molecule has 0 unspecified atom stereocenters. The summed E-state index contributed by atoms with van der Waals surface area (Å²) in [5, 5.41) is 5.93. The first-order valence-electron chi connectivity index (χ1n) is 5.73. The molecule has 20 heavy (non-hydrogen) atoms. The van der Waals surface area contributed by atoms with Gasteiger partial charge in [-0.1, -0.05) is 0 Å². The average Bonchev–Trinajstić information content (AvgIpc) is 2.85. The number of hydrogen-bond donors (Lipinski definition) is 1. The van der Waals surface area contributed by atoms with Crippen molar-refractivity contribution in [2.24, 2.45) is 7.05 Å². The van der Waals surface area contributed by atoms with Gasteiger partial charge in [0.05, 0.1) is 23.7 Å². The zero-order valence-corrected chi connectivity index (χ0v) is 10.7. The zero-order chi connectivity index (χ0) is 14.4. The van der Waals surface area contributed by atoms with Gasteiger partial charge < -0.3 is 9.30 Å². The van der Waals surface area contributed by atoms with E-state index in [0.29, 0.717) is 11.0 Å². The molecule has 0 aliphatic heterocycles. The first kappa shape index (κ1) is 12.2. The summed E-state index contributed by atoms with van der Waals surface area (Å²) in [4.78, 5) is 35.4. The van der Waals surface area contributed by atoms with Gasteiger partial charge in [-0.15, -0.1) is 5.10 Å². The molecular weight excluding hydrogens is 264 g/mol. The second-order valence-electron chi connectivity index (χ2n) is 4.25. The highest BCUT2D eigenvalue weighted by atomic mass is 16.5. The van der Waals surface area contributed by atoms with Gasteiger partial charge in [-0.3, -0.25) is 4.79 Å². The van der Waals surface area contributed by atoms with Gasteiger partial charge in [0, 0.05) is 7.05 Å². The van der Waals surface area contributed by atoms with Gasteiger partial charge in [0.2, 0.25) is 5.65 Å². The summed E-state index contributed by atoms with van der Waals surface area (Å²) in [5.74, 6) is -0.523. The van der Waals surface area contributed by atoms with E-state index < -0.39 is 17.2 Å². The quantitative estimate of drug-likeness (QED) is 0.612. The molecule has 2 heterocycles. The van der Waals surface area contributed by atoms with Gasteiger partial charge in [-0.25, -0.2) is 19.1 Å². The molecule has 0 saturated heterocycles. The van der Waals surface area contributed by atoms with Crippen molar-refractivity contribution in [3.05, 3.63) is 44.6 Å². The number of carbonyl (C=O) groups excluding carboxylic acids is 1. The standard InChI is InChI=1S/C12H10N4O4/c1-15-7-4-3-6(11(18)20-2)5-8(7)16-9(10(15)17)13-14-12(16)19/h3-5H,1-2H3,(H,14,19). The molecule has 3 rings (SSSR count). The number of benzene rings is 1. The van der Waals surface area contributed by atoms with Crippen LogP contribution in [0.4, 0.5) is 0 Å². The van der Waals surface area contributed by atoms with Crippen molar-refractivity contribution in [1.82, 2.24) is 19.2 Å². The van der Waals surface area contributed by atoms with Gasteiger partial charge in [-0.2, -0.15) is 0 Å². The minimum atomic E-state index is -0.537. The lowest BCUT2D eigenvalue weighted by Gasteiger charge is -2.07. The summed E-state index contributed by atoms with van der Waals surface area (Å²) in [6, 6.07) is 4.61. The lowest BCUT2D eigenvalue weighted by Crippen LogP contribution is -2.23. The van der Waals surface area contributed by atoms with Gasteiger partial charge in [-0.05, 0) is 18.2 Å². The molecule has 0 aliphatic rings. The Hall–Kier alpha value is -2.90. The van der Waals surface area contributed by atoms with Crippen LogP contribution in [0.3, 0.4) is 0 Å². The van der Waals surface area contributed by atoms with Crippen molar-refractivity contribution in [2.45, 2.75) is 0 Å². The predicted molar refractivity (Wildman–Crippen MR) is 69.9 cm³/mol. The van der Waals surface area contributed by atoms with Gasteiger partial charge in [0.25, 0.3) is 5.56 Å². The van der Waals surface area contributed by atoms with Crippen LogP contribution in [-0.4, -0.2) is 32.2 Å². The van der Waals surface area contributed by atoms with Crippen LogP contribution in [0, 0.1) is 0 Å². The Kier molecular flexibility index (Phi) is 2.46. The zero-order valence-electron chi connectivity index (χ0n) is 10.7. The van der Waals surface area contributed by atoms with Gasteiger partial charge in [0.1, 0.15) is 0 Å². The fourth-order valence-electron chi connectivity index (χ4n) is 2.15. The molecule has 0 atom stereocenters. The largest absolute Gasteiger partial charge is 0.465 e. The van der Waals surface area contributed by atoms with Crippen molar-refractivity contribution >= 4 is 22.6 Å². The third-order valence-electron chi connectivity index (χ3n) is 3.17. The minimum absolute atomic E-state index is 0.0213. The molecule has 8 nitrogen and oxygen atoms in total. The molecule has 0 fully saturated rings. The highest BCUT2D eigenvalue weighted by Crippen LogP contribution is 2.14. The Morgan fingerprint density at radius 1 is 1.30 bits per heavy atom. The number of rotatable bonds is 1. The number of fused-ring (bicyclic) bond motifs is 3. The van der Waals surface area contributed by atoms with E-state index in [1.165, 1.54) is 23.8 Å². The Labute approximate surface area is 111 Å². The average molecular weight is 274 g/mol. The minimum Gasteiger partial charge on any atom is -0.465 e. The smallest absolute Gasteiger partial charge is 0.348 e. The molecule has 0 radical (unpaired) electrons. The Bertz CT molecular complexity index is 963. The molecular formula is C12H10N4O4. The maximum absolute atomic E-state index is 12.1.